The Morgan fingerprint density at radius 2 is 2.17 bits per heavy atom. The first-order chi connectivity index (χ1) is 11.1. The first kappa shape index (κ1) is 15.5. The Bertz CT molecular complexity index is 696. The second-order valence-electron chi connectivity index (χ2n) is 6.14. The summed E-state index contributed by atoms with van der Waals surface area (Å²) >= 11 is 0. The van der Waals surface area contributed by atoms with Gasteiger partial charge in [0.15, 0.2) is 0 Å². The van der Waals surface area contributed by atoms with Crippen LogP contribution < -0.4 is 4.90 Å². The van der Waals surface area contributed by atoms with E-state index in [4.69, 9.17) is 0 Å². The molecule has 1 amide bonds. The fourth-order valence-corrected chi connectivity index (χ4v) is 3.11. The highest BCUT2D eigenvalue weighted by Crippen LogP contribution is 2.21. The van der Waals surface area contributed by atoms with Crippen LogP contribution in [0.25, 0.3) is 0 Å². The average molecular weight is 313 g/mol. The van der Waals surface area contributed by atoms with Crippen molar-refractivity contribution in [1.29, 1.82) is 0 Å². The van der Waals surface area contributed by atoms with Crippen molar-refractivity contribution in [2.24, 2.45) is 7.05 Å². The maximum Gasteiger partial charge on any atom is 0.272 e. The molecule has 0 saturated carbocycles. The maximum atomic E-state index is 12.7. The minimum Gasteiger partial charge on any atom is -0.355 e. The van der Waals surface area contributed by atoms with E-state index >= 15 is 0 Å². The smallest absolute Gasteiger partial charge is 0.272 e. The summed E-state index contributed by atoms with van der Waals surface area (Å²) in [5, 5.41) is 4.09. The van der Waals surface area contributed by atoms with Gasteiger partial charge in [-0.15, -0.1) is 0 Å². The molecule has 1 aliphatic rings. The molecule has 3 heterocycles. The quantitative estimate of drug-likeness (QED) is 0.868. The molecule has 1 saturated heterocycles. The summed E-state index contributed by atoms with van der Waals surface area (Å²) in [7, 11) is 3.68. The van der Waals surface area contributed by atoms with Crippen molar-refractivity contribution in [3.8, 4) is 0 Å². The zero-order valence-electron chi connectivity index (χ0n) is 13.9. The number of carbonyl (C=O) groups excluding carboxylic acids is 1. The Morgan fingerprint density at radius 3 is 2.87 bits per heavy atom. The molecule has 122 valence electrons. The molecule has 1 aliphatic heterocycles. The summed E-state index contributed by atoms with van der Waals surface area (Å²) in [5.41, 5.74) is 1.64. The van der Waals surface area contributed by atoms with Crippen molar-refractivity contribution >= 4 is 11.7 Å². The van der Waals surface area contributed by atoms with Crippen LogP contribution in [-0.4, -0.2) is 51.8 Å². The monoisotopic (exact) mass is 313 g/mol. The molecule has 1 atom stereocenters. The summed E-state index contributed by atoms with van der Waals surface area (Å²) in [6.45, 7) is 3.81. The lowest BCUT2D eigenvalue weighted by molar-refractivity contribution is 0.0706. The Morgan fingerprint density at radius 1 is 1.35 bits per heavy atom. The van der Waals surface area contributed by atoms with E-state index in [1.165, 1.54) is 0 Å². The van der Waals surface area contributed by atoms with E-state index in [-0.39, 0.29) is 11.9 Å². The van der Waals surface area contributed by atoms with Crippen LogP contribution in [-0.2, 0) is 7.05 Å². The van der Waals surface area contributed by atoms with Crippen molar-refractivity contribution < 1.29 is 4.79 Å². The van der Waals surface area contributed by atoms with Crippen LogP contribution >= 0.6 is 0 Å². The second kappa shape index (κ2) is 6.40. The molecule has 0 spiro atoms. The molecule has 3 rings (SSSR count). The van der Waals surface area contributed by atoms with Gasteiger partial charge in [-0.1, -0.05) is 6.07 Å². The fourth-order valence-electron chi connectivity index (χ4n) is 3.11. The van der Waals surface area contributed by atoms with Gasteiger partial charge in [0.25, 0.3) is 5.91 Å². The number of hydrogen-bond acceptors (Lipinski definition) is 4. The standard InChI is InChI=1S/C17H23N5O/c1-13-6-4-8-16(19-13)22-11-5-7-14(12-22)20(2)17(23)15-9-10-18-21(15)3/h4,6,8-10,14H,5,7,11-12H2,1-3H3/t14-/m1/s1. The van der Waals surface area contributed by atoms with Gasteiger partial charge in [-0.25, -0.2) is 4.98 Å². The number of anilines is 1. The Labute approximate surface area is 136 Å². The molecule has 0 radical (unpaired) electrons. The SMILES string of the molecule is Cc1cccc(N2CCC[C@@H](N(C)C(=O)c3ccnn3C)C2)n1. The van der Waals surface area contributed by atoms with E-state index in [9.17, 15) is 4.79 Å². The van der Waals surface area contributed by atoms with Crippen LogP contribution in [0.15, 0.2) is 30.5 Å². The summed E-state index contributed by atoms with van der Waals surface area (Å²) in [6.07, 6.45) is 3.73. The lowest BCUT2D eigenvalue weighted by Crippen LogP contribution is -2.49. The van der Waals surface area contributed by atoms with E-state index < -0.39 is 0 Å². The molecule has 0 unspecified atom stereocenters. The van der Waals surface area contributed by atoms with E-state index in [0.717, 1.165) is 37.4 Å². The van der Waals surface area contributed by atoms with Gasteiger partial charge in [0, 0.05) is 45.1 Å². The van der Waals surface area contributed by atoms with Gasteiger partial charge in [-0.2, -0.15) is 5.10 Å². The first-order valence-electron chi connectivity index (χ1n) is 8.00. The van der Waals surface area contributed by atoms with E-state index in [0.29, 0.717) is 5.69 Å². The van der Waals surface area contributed by atoms with Crippen molar-refractivity contribution in [1.82, 2.24) is 19.7 Å². The molecule has 0 bridgehead atoms. The number of amides is 1. The number of nitrogens with zero attached hydrogens (tertiary/aromatic N) is 5. The minimum atomic E-state index is 0.0223. The summed E-state index contributed by atoms with van der Waals surface area (Å²) in [4.78, 5) is 21.4. The van der Waals surface area contributed by atoms with Crippen LogP contribution in [0.2, 0.25) is 0 Å². The molecule has 0 N–H and O–H groups in total. The van der Waals surface area contributed by atoms with Gasteiger partial charge in [-0.3, -0.25) is 9.48 Å². The Hall–Kier alpha value is -2.37. The topological polar surface area (TPSA) is 54.3 Å². The normalized spacial score (nSPS) is 18.0. The fraction of sp³-hybridized carbons (Fsp3) is 0.471. The predicted octanol–water partition coefficient (Wildman–Crippen LogP) is 1.86. The van der Waals surface area contributed by atoms with Crippen molar-refractivity contribution in [3.05, 3.63) is 41.9 Å². The Balaban J connectivity index is 1.73. The third-order valence-electron chi connectivity index (χ3n) is 4.50. The van der Waals surface area contributed by atoms with Crippen LogP contribution in [0.1, 0.15) is 29.0 Å². The molecule has 2 aromatic heterocycles. The molecular weight excluding hydrogens is 290 g/mol. The van der Waals surface area contributed by atoms with Crippen LogP contribution in [0.5, 0.6) is 0 Å². The number of hydrogen-bond donors (Lipinski definition) is 0. The molecule has 2 aromatic rings. The molecule has 1 fully saturated rings. The zero-order valence-corrected chi connectivity index (χ0v) is 13.9. The summed E-state index contributed by atoms with van der Waals surface area (Å²) in [5.74, 6) is 1.02. The maximum absolute atomic E-state index is 12.7. The molecular formula is C17H23N5O. The summed E-state index contributed by atoms with van der Waals surface area (Å²) in [6, 6.07) is 8.03. The second-order valence-corrected chi connectivity index (χ2v) is 6.14. The third kappa shape index (κ3) is 3.21. The van der Waals surface area contributed by atoms with Gasteiger partial charge >= 0.3 is 0 Å². The lowest BCUT2D eigenvalue weighted by atomic mass is 10.0. The highest BCUT2D eigenvalue weighted by molar-refractivity contribution is 5.92. The molecule has 23 heavy (non-hydrogen) atoms. The third-order valence-corrected chi connectivity index (χ3v) is 4.50. The van der Waals surface area contributed by atoms with Gasteiger partial charge in [-0.05, 0) is 38.0 Å². The highest BCUT2D eigenvalue weighted by atomic mass is 16.2. The number of aromatic nitrogens is 3. The van der Waals surface area contributed by atoms with Crippen molar-refractivity contribution in [2.45, 2.75) is 25.8 Å². The molecule has 0 aliphatic carbocycles. The number of rotatable bonds is 3. The van der Waals surface area contributed by atoms with Crippen molar-refractivity contribution in [3.63, 3.8) is 0 Å². The largest absolute Gasteiger partial charge is 0.355 e. The number of likely N-dealkylation sites (N-methyl/N-ethyl adjacent to an activating group) is 1. The van der Waals surface area contributed by atoms with Crippen LogP contribution in [0, 0.1) is 6.92 Å². The first-order valence-corrected chi connectivity index (χ1v) is 8.00. The number of piperidine rings is 1. The predicted molar refractivity (Wildman–Crippen MR) is 89.5 cm³/mol. The summed E-state index contributed by atoms with van der Waals surface area (Å²) < 4.78 is 1.63. The van der Waals surface area contributed by atoms with Gasteiger partial charge in [0.1, 0.15) is 11.5 Å². The van der Waals surface area contributed by atoms with Crippen LogP contribution in [0.4, 0.5) is 5.82 Å². The average Bonchev–Trinajstić information content (AvgIpc) is 2.99. The zero-order chi connectivity index (χ0) is 16.4. The Kier molecular flexibility index (Phi) is 4.32. The number of aryl methyl sites for hydroxylation is 2. The minimum absolute atomic E-state index is 0.0223. The van der Waals surface area contributed by atoms with E-state index in [1.54, 1.807) is 24.0 Å². The van der Waals surface area contributed by atoms with Gasteiger partial charge in [0.2, 0.25) is 0 Å². The number of carbonyl (C=O) groups is 1. The molecule has 6 heteroatoms. The lowest BCUT2D eigenvalue weighted by Gasteiger charge is -2.38. The molecule has 6 nitrogen and oxygen atoms in total. The van der Waals surface area contributed by atoms with Gasteiger partial charge in [0.05, 0.1) is 0 Å². The van der Waals surface area contributed by atoms with Crippen LogP contribution in [0.3, 0.4) is 0 Å². The van der Waals surface area contributed by atoms with Gasteiger partial charge < -0.3 is 9.80 Å². The van der Waals surface area contributed by atoms with E-state index in [1.807, 2.05) is 37.1 Å². The number of pyridine rings is 1. The highest BCUT2D eigenvalue weighted by Gasteiger charge is 2.28. The van der Waals surface area contributed by atoms with Crippen molar-refractivity contribution in [2.75, 3.05) is 25.0 Å². The molecule has 0 aromatic carbocycles. The van der Waals surface area contributed by atoms with E-state index in [2.05, 4.69) is 15.0 Å².